The van der Waals surface area contributed by atoms with Gasteiger partial charge in [0.15, 0.2) is 0 Å². The van der Waals surface area contributed by atoms with Crippen LogP contribution in [0.1, 0.15) is 23.1 Å². The number of hydrogen-bond acceptors (Lipinski definition) is 3. The Kier molecular flexibility index (Phi) is 3.97. The first-order valence-corrected chi connectivity index (χ1v) is 7.27. The minimum Gasteiger partial charge on any atom is -0.366 e. The highest BCUT2D eigenvalue weighted by Crippen LogP contribution is 2.26. The lowest BCUT2D eigenvalue weighted by molar-refractivity contribution is 0.746. The predicted octanol–water partition coefficient (Wildman–Crippen LogP) is 2.75. The SMILES string of the molecule is CNCc1ccncc1N1CCCc2ccccc2C1. The number of aryl methyl sites for hydroxylation is 1. The molecule has 2 heterocycles. The van der Waals surface area contributed by atoms with Crippen LogP contribution in [0.4, 0.5) is 5.69 Å². The Hall–Kier alpha value is -1.87. The molecule has 2 aromatic rings. The lowest BCUT2D eigenvalue weighted by Gasteiger charge is -2.25. The zero-order valence-corrected chi connectivity index (χ0v) is 12.0. The fraction of sp³-hybridized carbons (Fsp3) is 0.353. The van der Waals surface area contributed by atoms with Gasteiger partial charge in [-0.2, -0.15) is 0 Å². The summed E-state index contributed by atoms with van der Waals surface area (Å²) in [5, 5.41) is 3.24. The Morgan fingerprint density at radius 1 is 1.20 bits per heavy atom. The first-order chi connectivity index (χ1) is 9.88. The summed E-state index contributed by atoms with van der Waals surface area (Å²) in [6.07, 6.45) is 6.25. The van der Waals surface area contributed by atoms with Crippen LogP contribution < -0.4 is 10.2 Å². The molecule has 0 aliphatic carbocycles. The van der Waals surface area contributed by atoms with Gasteiger partial charge in [0.2, 0.25) is 0 Å². The predicted molar refractivity (Wildman–Crippen MR) is 82.8 cm³/mol. The average molecular weight is 267 g/mol. The first kappa shape index (κ1) is 13.1. The maximum atomic E-state index is 4.32. The van der Waals surface area contributed by atoms with Gasteiger partial charge >= 0.3 is 0 Å². The minimum atomic E-state index is 0.885. The Bertz CT molecular complexity index is 580. The number of anilines is 1. The largest absolute Gasteiger partial charge is 0.366 e. The maximum Gasteiger partial charge on any atom is 0.0601 e. The van der Waals surface area contributed by atoms with E-state index in [9.17, 15) is 0 Å². The molecule has 0 atom stereocenters. The van der Waals surface area contributed by atoms with E-state index >= 15 is 0 Å². The highest BCUT2D eigenvalue weighted by molar-refractivity contribution is 5.53. The van der Waals surface area contributed by atoms with Gasteiger partial charge in [-0.15, -0.1) is 0 Å². The summed E-state index contributed by atoms with van der Waals surface area (Å²) in [6, 6.07) is 10.9. The van der Waals surface area contributed by atoms with Gasteiger partial charge in [0.1, 0.15) is 0 Å². The van der Waals surface area contributed by atoms with Gasteiger partial charge < -0.3 is 10.2 Å². The molecular weight excluding hydrogens is 246 g/mol. The van der Waals surface area contributed by atoms with Crippen LogP contribution in [0.25, 0.3) is 0 Å². The van der Waals surface area contributed by atoms with E-state index < -0.39 is 0 Å². The lowest BCUT2D eigenvalue weighted by atomic mass is 10.0. The van der Waals surface area contributed by atoms with Crippen LogP contribution in [0.15, 0.2) is 42.7 Å². The van der Waals surface area contributed by atoms with E-state index in [1.165, 1.54) is 35.2 Å². The molecule has 104 valence electrons. The van der Waals surface area contributed by atoms with Crippen molar-refractivity contribution in [2.45, 2.75) is 25.9 Å². The quantitative estimate of drug-likeness (QED) is 0.927. The van der Waals surface area contributed by atoms with Crippen molar-refractivity contribution in [1.29, 1.82) is 0 Å². The second kappa shape index (κ2) is 6.06. The van der Waals surface area contributed by atoms with E-state index in [1.54, 1.807) is 0 Å². The van der Waals surface area contributed by atoms with E-state index in [1.807, 2.05) is 19.4 Å². The number of rotatable bonds is 3. The summed E-state index contributed by atoms with van der Waals surface area (Å²) in [5.41, 5.74) is 5.53. The van der Waals surface area contributed by atoms with Gasteiger partial charge in [-0.05, 0) is 42.6 Å². The van der Waals surface area contributed by atoms with Gasteiger partial charge in [-0.25, -0.2) is 0 Å². The zero-order valence-electron chi connectivity index (χ0n) is 12.0. The van der Waals surface area contributed by atoms with Crippen molar-refractivity contribution in [1.82, 2.24) is 10.3 Å². The first-order valence-electron chi connectivity index (χ1n) is 7.27. The van der Waals surface area contributed by atoms with Gasteiger partial charge in [-0.1, -0.05) is 24.3 Å². The molecule has 0 spiro atoms. The molecule has 1 N–H and O–H groups in total. The Balaban J connectivity index is 1.91. The third-order valence-corrected chi connectivity index (χ3v) is 3.95. The topological polar surface area (TPSA) is 28.2 Å². The number of aromatic nitrogens is 1. The summed E-state index contributed by atoms with van der Waals surface area (Å²) >= 11 is 0. The number of hydrogen-bond donors (Lipinski definition) is 1. The molecule has 3 heteroatoms. The molecule has 0 saturated carbocycles. The summed E-state index contributed by atoms with van der Waals surface area (Å²) in [7, 11) is 1.99. The van der Waals surface area contributed by atoms with E-state index in [0.29, 0.717) is 0 Å². The number of pyridine rings is 1. The van der Waals surface area contributed by atoms with E-state index in [-0.39, 0.29) is 0 Å². The van der Waals surface area contributed by atoms with Crippen LogP contribution in [0.2, 0.25) is 0 Å². The van der Waals surface area contributed by atoms with Crippen molar-refractivity contribution < 1.29 is 0 Å². The Morgan fingerprint density at radius 3 is 2.90 bits per heavy atom. The van der Waals surface area contributed by atoms with Crippen molar-refractivity contribution in [3.63, 3.8) is 0 Å². The molecule has 1 aromatic carbocycles. The Labute approximate surface area is 120 Å². The van der Waals surface area contributed by atoms with Crippen molar-refractivity contribution in [2.75, 3.05) is 18.5 Å². The van der Waals surface area contributed by atoms with Gasteiger partial charge in [0, 0.05) is 25.8 Å². The zero-order chi connectivity index (χ0) is 13.8. The molecule has 1 aromatic heterocycles. The van der Waals surface area contributed by atoms with Crippen LogP contribution in [-0.2, 0) is 19.5 Å². The summed E-state index contributed by atoms with van der Waals surface area (Å²) in [5.74, 6) is 0. The second-order valence-corrected chi connectivity index (χ2v) is 5.33. The smallest absolute Gasteiger partial charge is 0.0601 e. The second-order valence-electron chi connectivity index (χ2n) is 5.33. The fourth-order valence-corrected chi connectivity index (χ4v) is 2.95. The van der Waals surface area contributed by atoms with E-state index in [0.717, 1.165) is 19.6 Å². The van der Waals surface area contributed by atoms with Crippen molar-refractivity contribution in [3.05, 3.63) is 59.4 Å². The molecule has 0 unspecified atom stereocenters. The van der Waals surface area contributed by atoms with Crippen molar-refractivity contribution >= 4 is 5.69 Å². The van der Waals surface area contributed by atoms with Crippen LogP contribution in [0, 0.1) is 0 Å². The Morgan fingerprint density at radius 2 is 2.05 bits per heavy atom. The molecule has 0 saturated heterocycles. The van der Waals surface area contributed by atoms with Crippen LogP contribution in [-0.4, -0.2) is 18.6 Å². The highest BCUT2D eigenvalue weighted by atomic mass is 15.1. The van der Waals surface area contributed by atoms with Gasteiger partial charge in [0.05, 0.1) is 11.9 Å². The molecule has 3 rings (SSSR count). The summed E-state index contributed by atoms with van der Waals surface area (Å²) in [4.78, 5) is 6.78. The van der Waals surface area contributed by atoms with Crippen LogP contribution in [0.3, 0.4) is 0 Å². The molecule has 0 radical (unpaired) electrons. The molecule has 20 heavy (non-hydrogen) atoms. The monoisotopic (exact) mass is 267 g/mol. The van der Waals surface area contributed by atoms with E-state index in [2.05, 4.69) is 45.5 Å². The molecular formula is C17H21N3. The normalized spacial score (nSPS) is 14.8. The van der Waals surface area contributed by atoms with E-state index in [4.69, 9.17) is 0 Å². The maximum absolute atomic E-state index is 4.32. The molecule has 0 bridgehead atoms. The molecule has 0 fully saturated rings. The van der Waals surface area contributed by atoms with Crippen LogP contribution in [0.5, 0.6) is 0 Å². The molecule has 3 nitrogen and oxygen atoms in total. The minimum absolute atomic E-state index is 0.885. The van der Waals surface area contributed by atoms with Gasteiger partial charge in [0.25, 0.3) is 0 Å². The number of fused-ring (bicyclic) bond motifs is 1. The standard InChI is InChI=1S/C17H21N3/c1-18-11-15-8-9-19-12-17(15)20-10-4-7-14-5-2-3-6-16(14)13-20/h2-3,5-6,8-9,12,18H,4,7,10-11,13H2,1H3. The fourth-order valence-electron chi connectivity index (χ4n) is 2.95. The number of benzene rings is 1. The molecule has 1 aliphatic rings. The van der Waals surface area contributed by atoms with Crippen molar-refractivity contribution in [3.8, 4) is 0 Å². The summed E-state index contributed by atoms with van der Waals surface area (Å²) < 4.78 is 0. The van der Waals surface area contributed by atoms with Crippen LogP contribution >= 0.6 is 0 Å². The lowest BCUT2D eigenvalue weighted by Crippen LogP contribution is -2.24. The third-order valence-electron chi connectivity index (χ3n) is 3.95. The van der Waals surface area contributed by atoms with Gasteiger partial charge in [-0.3, -0.25) is 4.98 Å². The third kappa shape index (κ3) is 2.68. The summed E-state index contributed by atoms with van der Waals surface area (Å²) in [6.45, 7) is 2.96. The molecule has 0 amide bonds. The highest BCUT2D eigenvalue weighted by Gasteiger charge is 2.16. The molecule has 1 aliphatic heterocycles. The average Bonchev–Trinajstić information content (AvgIpc) is 2.70. The van der Waals surface area contributed by atoms with Crippen molar-refractivity contribution in [2.24, 2.45) is 0 Å². The number of nitrogens with one attached hydrogen (secondary N) is 1. The number of nitrogens with zero attached hydrogens (tertiary/aromatic N) is 2.